The van der Waals surface area contributed by atoms with Crippen molar-refractivity contribution in [1.29, 1.82) is 0 Å². The van der Waals surface area contributed by atoms with Gasteiger partial charge in [0.2, 0.25) is 0 Å². The van der Waals surface area contributed by atoms with Crippen molar-refractivity contribution in [1.82, 2.24) is 0 Å². The molecule has 4 heteroatoms. The summed E-state index contributed by atoms with van der Waals surface area (Å²) < 4.78 is 18.6. The first-order chi connectivity index (χ1) is 5.68. The molecule has 1 atom stereocenters. The van der Waals surface area contributed by atoms with E-state index in [0.717, 1.165) is 5.56 Å². The zero-order chi connectivity index (χ0) is 8.72. The highest BCUT2D eigenvalue weighted by Crippen LogP contribution is 2.34. The van der Waals surface area contributed by atoms with Gasteiger partial charge in [-0.25, -0.2) is 4.39 Å². The van der Waals surface area contributed by atoms with Crippen LogP contribution in [0.25, 0.3) is 0 Å². The van der Waals surface area contributed by atoms with Gasteiger partial charge < -0.3 is 10.5 Å². The first kappa shape index (κ1) is 8.01. The fourth-order valence-electron chi connectivity index (χ4n) is 1.23. The molecule has 2 N–H and O–H groups in total. The molecule has 2 rings (SSSR count). The molecule has 0 aliphatic carbocycles. The highest BCUT2D eigenvalue weighted by Gasteiger charge is 2.22. The molecule has 2 nitrogen and oxygen atoms in total. The van der Waals surface area contributed by atoms with E-state index in [-0.39, 0.29) is 11.9 Å². The lowest BCUT2D eigenvalue weighted by Gasteiger charge is -2.01. The maximum absolute atomic E-state index is 13.0. The number of hydrogen-bond donors (Lipinski definition) is 1. The van der Waals surface area contributed by atoms with Crippen LogP contribution in [0.15, 0.2) is 16.6 Å². The van der Waals surface area contributed by atoms with Crippen LogP contribution in [0.1, 0.15) is 11.6 Å². The van der Waals surface area contributed by atoms with E-state index in [0.29, 0.717) is 16.8 Å². The Morgan fingerprint density at radius 1 is 1.58 bits per heavy atom. The third kappa shape index (κ3) is 1.11. The molecule has 1 aromatic carbocycles. The summed E-state index contributed by atoms with van der Waals surface area (Å²) in [6.45, 7) is 0.436. The van der Waals surface area contributed by atoms with Gasteiger partial charge in [-0.1, -0.05) is 0 Å². The molecule has 12 heavy (non-hydrogen) atoms. The van der Waals surface area contributed by atoms with E-state index >= 15 is 0 Å². The fourth-order valence-corrected chi connectivity index (χ4v) is 1.55. The van der Waals surface area contributed by atoms with Crippen molar-refractivity contribution in [3.8, 4) is 5.75 Å². The first-order valence-electron chi connectivity index (χ1n) is 3.56. The van der Waals surface area contributed by atoms with Crippen LogP contribution in [0.5, 0.6) is 5.75 Å². The van der Waals surface area contributed by atoms with E-state index in [9.17, 15) is 4.39 Å². The van der Waals surface area contributed by atoms with E-state index in [1.165, 1.54) is 6.07 Å². The predicted octanol–water partition coefficient (Wildman–Crippen LogP) is 1.98. The van der Waals surface area contributed by atoms with Crippen LogP contribution in [-0.2, 0) is 0 Å². The van der Waals surface area contributed by atoms with E-state index in [1.807, 2.05) is 0 Å². The second-order valence-corrected chi connectivity index (χ2v) is 3.58. The van der Waals surface area contributed by atoms with Gasteiger partial charge in [0.05, 0.1) is 10.5 Å². The maximum Gasteiger partial charge on any atom is 0.137 e. The van der Waals surface area contributed by atoms with E-state index in [4.69, 9.17) is 10.5 Å². The Bertz CT molecular complexity index is 329. The van der Waals surface area contributed by atoms with Crippen molar-refractivity contribution in [3.63, 3.8) is 0 Å². The molecule has 64 valence electrons. The van der Waals surface area contributed by atoms with E-state index in [1.54, 1.807) is 6.07 Å². The predicted molar refractivity (Wildman–Crippen MR) is 46.5 cm³/mol. The Kier molecular flexibility index (Phi) is 1.81. The summed E-state index contributed by atoms with van der Waals surface area (Å²) in [5.74, 6) is 0.380. The molecule has 0 saturated carbocycles. The second kappa shape index (κ2) is 2.71. The summed E-state index contributed by atoms with van der Waals surface area (Å²) in [6, 6.07) is 2.83. The summed E-state index contributed by atoms with van der Waals surface area (Å²) in [6.07, 6.45) is 0. The summed E-state index contributed by atoms with van der Waals surface area (Å²) in [5, 5.41) is 0. The van der Waals surface area contributed by atoms with E-state index < -0.39 is 0 Å². The van der Waals surface area contributed by atoms with Gasteiger partial charge in [0, 0.05) is 5.56 Å². The molecule has 0 spiro atoms. The molecule has 0 aromatic heterocycles. The van der Waals surface area contributed by atoms with Crippen molar-refractivity contribution in [3.05, 3.63) is 28.0 Å². The van der Waals surface area contributed by atoms with Crippen LogP contribution in [0, 0.1) is 5.82 Å². The molecule has 0 saturated heterocycles. The summed E-state index contributed by atoms with van der Waals surface area (Å²) in [4.78, 5) is 0. The monoisotopic (exact) mass is 231 g/mol. The fraction of sp³-hybridized carbons (Fsp3) is 0.250. The molecule has 0 radical (unpaired) electrons. The lowest BCUT2D eigenvalue weighted by Crippen LogP contribution is -2.10. The van der Waals surface area contributed by atoms with Gasteiger partial charge in [0.15, 0.2) is 0 Å². The van der Waals surface area contributed by atoms with Crippen molar-refractivity contribution in [2.24, 2.45) is 5.73 Å². The van der Waals surface area contributed by atoms with Crippen LogP contribution < -0.4 is 10.5 Å². The highest BCUT2D eigenvalue weighted by molar-refractivity contribution is 9.10. The largest absolute Gasteiger partial charge is 0.491 e. The third-order valence-corrected chi connectivity index (χ3v) is 2.48. The minimum atomic E-state index is -0.297. The van der Waals surface area contributed by atoms with Gasteiger partial charge in [-0.15, -0.1) is 0 Å². The maximum atomic E-state index is 13.0. The third-order valence-electron chi connectivity index (χ3n) is 1.87. The van der Waals surface area contributed by atoms with Crippen LogP contribution in [0.3, 0.4) is 0 Å². The number of rotatable bonds is 0. The van der Waals surface area contributed by atoms with Crippen molar-refractivity contribution < 1.29 is 9.13 Å². The number of halogens is 2. The number of fused-ring (bicyclic) bond motifs is 1. The average molecular weight is 232 g/mol. The van der Waals surface area contributed by atoms with Crippen molar-refractivity contribution in [2.45, 2.75) is 6.04 Å². The Balaban J connectivity index is 2.56. The highest BCUT2D eigenvalue weighted by atomic mass is 79.9. The molecular formula is C8H7BrFNO. The smallest absolute Gasteiger partial charge is 0.137 e. The Labute approximate surface area is 77.6 Å². The molecule has 0 unspecified atom stereocenters. The minimum absolute atomic E-state index is 0.192. The normalized spacial score (nSPS) is 20.4. The molecular weight excluding hydrogens is 225 g/mol. The number of benzene rings is 1. The Hall–Kier alpha value is -0.610. The molecule has 1 heterocycles. The molecule has 1 aliphatic heterocycles. The summed E-state index contributed by atoms with van der Waals surface area (Å²) in [7, 11) is 0. The molecule has 0 bridgehead atoms. The van der Waals surface area contributed by atoms with Crippen LogP contribution in [-0.4, -0.2) is 6.61 Å². The average Bonchev–Trinajstić information content (AvgIpc) is 2.35. The lowest BCUT2D eigenvalue weighted by atomic mass is 10.1. The molecule has 0 fully saturated rings. The van der Waals surface area contributed by atoms with Crippen LogP contribution in [0.2, 0.25) is 0 Å². The standard InChI is InChI=1S/C8H7BrFNO/c9-5-2-8-4(1-6(5)10)7(11)3-12-8/h1-2,7H,3,11H2/t7-/m1/s1. The van der Waals surface area contributed by atoms with Crippen LogP contribution in [0.4, 0.5) is 4.39 Å². The van der Waals surface area contributed by atoms with Crippen molar-refractivity contribution in [2.75, 3.05) is 6.61 Å². The quantitative estimate of drug-likeness (QED) is 0.742. The van der Waals surface area contributed by atoms with Gasteiger partial charge in [-0.3, -0.25) is 0 Å². The number of nitrogens with two attached hydrogens (primary N) is 1. The zero-order valence-electron chi connectivity index (χ0n) is 6.18. The summed E-state index contributed by atoms with van der Waals surface area (Å²) in [5.41, 5.74) is 6.40. The molecule has 1 aliphatic rings. The first-order valence-corrected chi connectivity index (χ1v) is 4.35. The van der Waals surface area contributed by atoms with Crippen LogP contribution >= 0.6 is 15.9 Å². The SMILES string of the molecule is N[C@@H]1COc2cc(Br)c(F)cc21. The van der Waals surface area contributed by atoms with Gasteiger partial charge in [0.25, 0.3) is 0 Å². The van der Waals surface area contributed by atoms with Gasteiger partial charge in [-0.05, 0) is 28.1 Å². The van der Waals surface area contributed by atoms with Gasteiger partial charge >= 0.3 is 0 Å². The number of hydrogen-bond acceptors (Lipinski definition) is 2. The zero-order valence-corrected chi connectivity index (χ0v) is 7.77. The molecule has 0 amide bonds. The van der Waals surface area contributed by atoms with Gasteiger partial charge in [-0.2, -0.15) is 0 Å². The minimum Gasteiger partial charge on any atom is -0.491 e. The number of ether oxygens (including phenoxy) is 1. The lowest BCUT2D eigenvalue weighted by molar-refractivity contribution is 0.333. The Morgan fingerprint density at radius 2 is 2.33 bits per heavy atom. The topological polar surface area (TPSA) is 35.2 Å². The second-order valence-electron chi connectivity index (χ2n) is 2.72. The summed E-state index contributed by atoms with van der Waals surface area (Å²) >= 11 is 3.07. The molecule has 1 aromatic rings. The van der Waals surface area contributed by atoms with Crippen molar-refractivity contribution >= 4 is 15.9 Å². The van der Waals surface area contributed by atoms with Gasteiger partial charge in [0.1, 0.15) is 18.2 Å². The Morgan fingerprint density at radius 3 is 3.08 bits per heavy atom. The van der Waals surface area contributed by atoms with E-state index in [2.05, 4.69) is 15.9 Å².